The molecule has 0 spiro atoms. The fourth-order valence-corrected chi connectivity index (χ4v) is 2.09. The molecule has 25 heavy (non-hydrogen) atoms. The molecule has 0 bridgehead atoms. The third-order valence-electron chi connectivity index (χ3n) is 3.44. The number of hydrogen-bond acceptors (Lipinski definition) is 9. The van der Waals surface area contributed by atoms with Crippen molar-refractivity contribution in [2.75, 3.05) is 11.5 Å². The van der Waals surface area contributed by atoms with E-state index in [-0.39, 0.29) is 17.3 Å². The van der Waals surface area contributed by atoms with Crippen LogP contribution in [0.15, 0.2) is 34.0 Å². The highest BCUT2D eigenvalue weighted by Crippen LogP contribution is 2.14. The van der Waals surface area contributed by atoms with Gasteiger partial charge in [0.1, 0.15) is 0 Å². The van der Waals surface area contributed by atoms with Gasteiger partial charge in [-0.25, -0.2) is 10.1 Å². The Morgan fingerprint density at radius 3 is 2.80 bits per heavy atom. The molecule has 1 amide bonds. The monoisotopic (exact) mass is 341 g/mol. The molecule has 0 fully saturated rings. The van der Waals surface area contributed by atoms with E-state index in [9.17, 15) is 4.79 Å². The Labute approximate surface area is 141 Å². The maximum absolute atomic E-state index is 12.3. The van der Waals surface area contributed by atoms with Gasteiger partial charge >= 0.3 is 0 Å². The van der Waals surface area contributed by atoms with Crippen LogP contribution in [-0.4, -0.2) is 36.9 Å². The second-order valence-electron chi connectivity index (χ2n) is 5.17. The molecule has 0 aliphatic rings. The van der Waals surface area contributed by atoms with Gasteiger partial charge in [0.15, 0.2) is 5.69 Å². The Kier molecular flexibility index (Phi) is 4.12. The van der Waals surface area contributed by atoms with Crippen LogP contribution in [0.2, 0.25) is 0 Å². The second-order valence-corrected chi connectivity index (χ2v) is 5.17. The van der Waals surface area contributed by atoms with Crippen LogP contribution >= 0.6 is 0 Å². The van der Waals surface area contributed by atoms with E-state index >= 15 is 0 Å². The molecule has 0 radical (unpaired) electrons. The van der Waals surface area contributed by atoms with Crippen LogP contribution in [-0.2, 0) is 0 Å². The van der Waals surface area contributed by atoms with Crippen molar-refractivity contribution in [1.82, 2.24) is 30.7 Å². The van der Waals surface area contributed by atoms with Gasteiger partial charge in [0.25, 0.3) is 5.91 Å². The third-order valence-corrected chi connectivity index (χ3v) is 3.44. The predicted molar refractivity (Wildman–Crippen MR) is 88.9 cm³/mol. The summed E-state index contributed by atoms with van der Waals surface area (Å²) in [7, 11) is 0. The van der Waals surface area contributed by atoms with E-state index < -0.39 is 5.91 Å². The largest absolute Gasteiger partial charge is 0.399 e. The number of amides is 1. The average molecular weight is 341 g/mol. The van der Waals surface area contributed by atoms with Crippen LogP contribution in [0.4, 0.5) is 11.5 Å². The number of anilines is 2. The van der Waals surface area contributed by atoms with Gasteiger partial charge in [0.2, 0.25) is 11.6 Å². The first-order valence-electron chi connectivity index (χ1n) is 7.18. The molecular formula is C14H15N9O2. The van der Waals surface area contributed by atoms with Gasteiger partial charge < -0.3 is 11.5 Å². The summed E-state index contributed by atoms with van der Waals surface area (Å²) < 4.78 is 5.77. The van der Waals surface area contributed by atoms with Crippen LogP contribution in [0, 0.1) is 6.92 Å². The minimum atomic E-state index is -0.526. The SMILES string of the molecule is C/C(=N/NC(=O)c1nnn(-c2nonc2N)c1C)c1cccc(N)c1. The second kappa shape index (κ2) is 6.39. The highest BCUT2D eigenvalue weighted by atomic mass is 16.6. The molecule has 2 aromatic heterocycles. The number of hydrazone groups is 1. The van der Waals surface area contributed by atoms with E-state index in [2.05, 4.69) is 35.8 Å². The molecule has 1 aromatic carbocycles. The van der Waals surface area contributed by atoms with Crippen molar-refractivity contribution in [2.45, 2.75) is 13.8 Å². The van der Waals surface area contributed by atoms with Crippen molar-refractivity contribution in [3.05, 3.63) is 41.2 Å². The lowest BCUT2D eigenvalue weighted by Gasteiger charge is -2.03. The minimum Gasteiger partial charge on any atom is -0.399 e. The molecule has 0 aliphatic carbocycles. The first-order valence-corrected chi connectivity index (χ1v) is 7.18. The van der Waals surface area contributed by atoms with Crippen molar-refractivity contribution in [1.29, 1.82) is 0 Å². The number of aromatic nitrogens is 5. The summed E-state index contributed by atoms with van der Waals surface area (Å²) in [6.07, 6.45) is 0. The van der Waals surface area contributed by atoms with Crippen molar-refractivity contribution in [2.24, 2.45) is 5.10 Å². The van der Waals surface area contributed by atoms with Gasteiger partial charge in [0.05, 0.1) is 11.4 Å². The van der Waals surface area contributed by atoms with Gasteiger partial charge in [-0.3, -0.25) is 4.79 Å². The summed E-state index contributed by atoms with van der Waals surface area (Å²) in [5.74, 6) is -0.332. The zero-order chi connectivity index (χ0) is 18.0. The fourth-order valence-electron chi connectivity index (χ4n) is 2.09. The smallest absolute Gasteiger partial charge is 0.293 e. The lowest BCUT2D eigenvalue weighted by molar-refractivity contribution is 0.0949. The normalized spacial score (nSPS) is 11.5. The Morgan fingerprint density at radius 2 is 2.12 bits per heavy atom. The van der Waals surface area contributed by atoms with E-state index in [1.165, 1.54) is 4.68 Å². The fraction of sp³-hybridized carbons (Fsp3) is 0.143. The molecule has 128 valence electrons. The molecule has 0 unspecified atom stereocenters. The average Bonchev–Trinajstić information content (AvgIpc) is 3.17. The zero-order valence-electron chi connectivity index (χ0n) is 13.5. The van der Waals surface area contributed by atoms with Crippen molar-refractivity contribution >= 4 is 23.1 Å². The van der Waals surface area contributed by atoms with Gasteiger partial charge in [-0.2, -0.15) is 9.78 Å². The molecule has 2 heterocycles. The minimum absolute atomic E-state index is 0.0375. The molecule has 0 saturated heterocycles. The molecule has 11 heteroatoms. The number of nitrogens with zero attached hydrogens (tertiary/aromatic N) is 6. The molecule has 11 nitrogen and oxygen atoms in total. The number of carbonyl (C=O) groups excluding carboxylic acids is 1. The third kappa shape index (κ3) is 3.15. The lowest BCUT2D eigenvalue weighted by Crippen LogP contribution is -2.21. The van der Waals surface area contributed by atoms with Crippen molar-refractivity contribution < 1.29 is 9.42 Å². The zero-order valence-corrected chi connectivity index (χ0v) is 13.5. The summed E-state index contributed by atoms with van der Waals surface area (Å²) in [6, 6.07) is 7.16. The maximum Gasteiger partial charge on any atom is 0.293 e. The highest BCUT2D eigenvalue weighted by molar-refractivity contribution is 6.01. The Bertz CT molecular complexity index is 957. The van der Waals surface area contributed by atoms with Crippen LogP contribution in [0.1, 0.15) is 28.7 Å². The number of hydrogen-bond donors (Lipinski definition) is 3. The van der Waals surface area contributed by atoms with Gasteiger partial charge in [0, 0.05) is 5.69 Å². The molecule has 0 atom stereocenters. The Balaban J connectivity index is 1.79. The van der Waals surface area contributed by atoms with Crippen LogP contribution < -0.4 is 16.9 Å². The van der Waals surface area contributed by atoms with Crippen LogP contribution in [0.5, 0.6) is 0 Å². The summed E-state index contributed by atoms with van der Waals surface area (Å²) >= 11 is 0. The van der Waals surface area contributed by atoms with Crippen LogP contribution in [0.3, 0.4) is 0 Å². The van der Waals surface area contributed by atoms with E-state index in [0.717, 1.165) is 5.56 Å². The van der Waals surface area contributed by atoms with Crippen molar-refractivity contribution in [3.63, 3.8) is 0 Å². The van der Waals surface area contributed by atoms with Crippen molar-refractivity contribution in [3.8, 4) is 5.82 Å². The number of benzene rings is 1. The number of carbonyl (C=O) groups is 1. The number of nitrogen functional groups attached to an aromatic ring is 2. The summed E-state index contributed by atoms with van der Waals surface area (Å²) in [4.78, 5) is 12.3. The first-order chi connectivity index (χ1) is 12.0. The van der Waals surface area contributed by atoms with Gasteiger partial charge in [-0.1, -0.05) is 17.3 Å². The molecule has 0 aliphatic heterocycles. The Hall–Kier alpha value is -3.76. The summed E-state index contributed by atoms with van der Waals surface area (Å²) in [5.41, 5.74) is 16.3. The number of nitrogens with one attached hydrogen (secondary N) is 1. The van der Waals surface area contributed by atoms with Crippen LogP contribution in [0.25, 0.3) is 5.82 Å². The van der Waals surface area contributed by atoms with E-state index in [1.54, 1.807) is 32.0 Å². The summed E-state index contributed by atoms with van der Waals surface area (Å²) in [5, 5.41) is 18.8. The molecular weight excluding hydrogens is 326 g/mol. The van der Waals surface area contributed by atoms with E-state index in [1.807, 2.05) is 6.07 Å². The molecule has 3 aromatic rings. The maximum atomic E-state index is 12.3. The van der Waals surface area contributed by atoms with Gasteiger partial charge in [-0.15, -0.1) is 5.10 Å². The van der Waals surface area contributed by atoms with E-state index in [4.69, 9.17) is 11.5 Å². The molecule has 0 saturated carbocycles. The molecule has 3 rings (SSSR count). The predicted octanol–water partition coefficient (Wildman–Crippen LogP) is 0.277. The number of rotatable bonds is 4. The standard InChI is InChI=1S/C14H15N9O2/c1-7(9-4-3-5-10(15)6-9)17-19-14(24)11-8(2)23(22-18-11)13-12(16)20-25-21-13/h3-6H,15H2,1-2H3,(H2,16,20)(H,19,24)/b17-7-. The number of nitrogens with two attached hydrogens (primary N) is 2. The topological polar surface area (TPSA) is 163 Å². The summed E-state index contributed by atoms with van der Waals surface area (Å²) in [6.45, 7) is 3.39. The van der Waals surface area contributed by atoms with Gasteiger partial charge in [-0.05, 0) is 41.9 Å². The Morgan fingerprint density at radius 1 is 1.32 bits per heavy atom. The van der Waals surface area contributed by atoms with E-state index in [0.29, 0.717) is 17.1 Å². The highest BCUT2D eigenvalue weighted by Gasteiger charge is 2.20. The first kappa shape index (κ1) is 16.1. The lowest BCUT2D eigenvalue weighted by atomic mass is 10.1. The quantitative estimate of drug-likeness (QED) is 0.346. The molecule has 5 N–H and O–H groups in total.